The maximum atomic E-state index is 6.73. The molecule has 2 atom stereocenters. The van der Waals surface area contributed by atoms with Gasteiger partial charge in [-0.15, -0.1) is 0 Å². The first kappa shape index (κ1) is 22.2. The number of hydrogen-bond donors (Lipinski definition) is 0. The zero-order valence-electron chi connectivity index (χ0n) is 21.4. The minimum absolute atomic E-state index is 0.00921. The zero-order chi connectivity index (χ0) is 25.8. The molecule has 5 aromatic carbocycles. The molecule has 2 nitrogen and oxygen atoms in total. The van der Waals surface area contributed by atoms with Crippen molar-refractivity contribution in [2.24, 2.45) is 0 Å². The summed E-state index contributed by atoms with van der Waals surface area (Å²) in [5.41, 5.74) is 10.9. The molecular formula is C37H26O2. The van der Waals surface area contributed by atoms with Crippen molar-refractivity contribution >= 4 is 5.57 Å². The molecule has 3 aliphatic rings. The van der Waals surface area contributed by atoms with Gasteiger partial charge in [0.1, 0.15) is 23.4 Å². The van der Waals surface area contributed by atoms with Crippen LogP contribution in [0.2, 0.25) is 0 Å². The van der Waals surface area contributed by atoms with Crippen molar-refractivity contribution in [3.05, 3.63) is 161 Å². The van der Waals surface area contributed by atoms with E-state index < -0.39 is 0 Å². The minimum atomic E-state index is -0.118. The van der Waals surface area contributed by atoms with Crippen LogP contribution >= 0.6 is 0 Å². The quantitative estimate of drug-likeness (QED) is 0.244. The van der Waals surface area contributed by atoms with E-state index in [4.69, 9.17) is 9.47 Å². The Labute approximate surface area is 228 Å². The van der Waals surface area contributed by atoms with Gasteiger partial charge in [0.2, 0.25) is 0 Å². The van der Waals surface area contributed by atoms with Crippen LogP contribution in [0.4, 0.5) is 0 Å². The number of rotatable bonds is 4. The monoisotopic (exact) mass is 502 g/mol. The first-order valence-corrected chi connectivity index (χ1v) is 13.5. The molecule has 0 N–H and O–H groups in total. The lowest BCUT2D eigenvalue weighted by Gasteiger charge is -2.27. The second-order valence-corrected chi connectivity index (χ2v) is 10.5. The first-order valence-electron chi connectivity index (χ1n) is 13.5. The Hall–Kier alpha value is -4.82. The van der Waals surface area contributed by atoms with Gasteiger partial charge in [-0.05, 0) is 63.7 Å². The molecule has 0 saturated carbocycles. The molecule has 0 aromatic heterocycles. The summed E-state index contributed by atoms with van der Waals surface area (Å²) in [5.74, 6) is 2.90. The zero-order valence-corrected chi connectivity index (χ0v) is 21.4. The Balaban J connectivity index is 1.27. The van der Waals surface area contributed by atoms with Gasteiger partial charge < -0.3 is 9.47 Å². The molecule has 2 aliphatic heterocycles. The lowest BCUT2D eigenvalue weighted by Crippen LogP contribution is -2.26. The number of benzene rings is 5. The van der Waals surface area contributed by atoms with Crippen molar-refractivity contribution in [1.29, 1.82) is 0 Å². The summed E-state index contributed by atoms with van der Waals surface area (Å²) in [5, 5.41) is 0. The molecule has 186 valence electrons. The van der Waals surface area contributed by atoms with Crippen LogP contribution in [0.1, 0.15) is 22.6 Å². The van der Waals surface area contributed by atoms with Crippen molar-refractivity contribution in [2.45, 2.75) is 18.4 Å². The predicted molar refractivity (Wildman–Crippen MR) is 157 cm³/mol. The highest BCUT2D eigenvalue weighted by atomic mass is 16.5. The number of ether oxygens (including phenoxy) is 2. The third-order valence-corrected chi connectivity index (χ3v) is 8.10. The SMILES string of the molecule is C1=C2c3cc(-c4ccccc4)ccc3OC2C2C(=C1Cc1ccccc1)Oc1ccc(-c3ccccc3)cc12. The van der Waals surface area contributed by atoms with E-state index >= 15 is 0 Å². The molecule has 1 aliphatic carbocycles. The van der Waals surface area contributed by atoms with Crippen molar-refractivity contribution < 1.29 is 9.47 Å². The largest absolute Gasteiger partial charge is 0.484 e. The van der Waals surface area contributed by atoms with E-state index in [9.17, 15) is 0 Å². The lowest BCUT2D eigenvalue weighted by molar-refractivity contribution is 0.239. The molecule has 2 heterocycles. The summed E-state index contributed by atoms with van der Waals surface area (Å²) in [6.07, 6.45) is 3.03. The number of hydrogen-bond acceptors (Lipinski definition) is 2. The van der Waals surface area contributed by atoms with Crippen molar-refractivity contribution in [3.8, 4) is 33.8 Å². The second-order valence-electron chi connectivity index (χ2n) is 10.5. The summed E-state index contributed by atoms with van der Waals surface area (Å²) >= 11 is 0. The molecule has 0 radical (unpaired) electrons. The van der Waals surface area contributed by atoms with Crippen LogP contribution in [0, 0.1) is 0 Å². The van der Waals surface area contributed by atoms with Crippen LogP contribution in [0.25, 0.3) is 27.8 Å². The Morgan fingerprint density at radius 2 is 1.18 bits per heavy atom. The van der Waals surface area contributed by atoms with E-state index in [2.05, 4.69) is 133 Å². The highest BCUT2D eigenvalue weighted by Crippen LogP contribution is 2.55. The van der Waals surface area contributed by atoms with E-state index in [1.165, 1.54) is 50.1 Å². The molecule has 0 saturated heterocycles. The standard InChI is InChI=1S/C37H26O2/c1-4-10-24(11-5-1)20-29-23-31-30-21-27(25-12-6-2-7-13-25)16-18-33(30)39-37(31)35-32-22-28(26-14-8-3-9-15-26)17-19-34(32)38-36(29)35/h1-19,21-23,35,37H,20H2. The number of allylic oxidation sites excluding steroid dienone is 2. The summed E-state index contributed by atoms with van der Waals surface area (Å²) in [7, 11) is 0. The van der Waals surface area contributed by atoms with Gasteiger partial charge in [-0.1, -0.05) is 103 Å². The Kier molecular flexibility index (Phi) is 5.06. The lowest BCUT2D eigenvalue weighted by atomic mass is 9.79. The maximum absolute atomic E-state index is 6.73. The maximum Gasteiger partial charge on any atom is 0.139 e. The van der Waals surface area contributed by atoms with Gasteiger partial charge >= 0.3 is 0 Å². The van der Waals surface area contributed by atoms with Gasteiger partial charge in [0.05, 0.1) is 5.92 Å². The molecule has 0 amide bonds. The highest BCUT2D eigenvalue weighted by molar-refractivity contribution is 5.86. The average Bonchev–Trinajstić information content (AvgIpc) is 3.56. The summed E-state index contributed by atoms with van der Waals surface area (Å²) in [4.78, 5) is 0. The molecule has 8 rings (SSSR count). The van der Waals surface area contributed by atoms with Gasteiger partial charge in [0.15, 0.2) is 0 Å². The molecule has 2 heteroatoms. The highest BCUT2D eigenvalue weighted by Gasteiger charge is 2.47. The van der Waals surface area contributed by atoms with E-state index in [1.54, 1.807) is 0 Å². The smallest absolute Gasteiger partial charge is 0.139 e. The van der Waals surface area contributed by atoms with E-state index in [0.717, 1.165) is 23.7 Å². The van der Waals surface area contributed by atoms with Gasteiger partial charge in [0, 0.05) is 23.1 Å². The van der Waals surface area contributed by atoms with Gasteiger partial charge in [-0.3, -0.25) is 0 Å². The second kappa shape index (κ2) is 8.89. The molecule has 39 heavy (non-hydrogen) atoms. The van der Waals surface area contributed by atoms with Crippen LogP contribution < -0.4 is 9.47 Å². The van der Waals surface area contributed by atoms with E-state index in [1.807, 2.05) is 0 Å². The Morgan fingerprint density at radius 1 is 0.564 bits per heavy atom. The van der Waals surface area contributed by atoms with Gasteiger partial charge in [-0.25, -0.2) is 0 Å². The van der Waals surface area contributed by atoms with Crippen molar-refractivity contribution in [1.82, 2.24) is 0 Å². The molecule has 2 unspecified atom stereocenters. The van der Waals surface area contributed by atoms with Gasteiger partial charge in [-0.2, -0.15) is 0 Å². The van der Waals surface area contributed by atoms with Crippen LogP contribution in [0.15, 0.2) is 145 Å². The molecule has 0 bridgehead atoms. The Morgan fingerprint density at radius 3 is 1.87 bits per heavy atom. The predicted octanol–water partition coefficient (Wildman–Crippen LogP) is 8.85. The van der Waals surface area contributed by atoms with E-state index in [0.29, 0.717) is 0 Å². The molecule has 0 fully saturated rings. The van der Waals surface area contributed by atoms with Crippen molar-refractivity contribution in [2.75, 3.05) is 0 Å². The van der Waals surface area contributed by atoms with Crippen LogP contribution in [0.3, 0.4) is 0 Å². The minimum Gasteiger partial charge on any atom is -0.484 e. The molecular weight excluding hydrogens is 476 g/mol. The van der Waals surface area contributed by atoms with Crippen molar-refractivity contribution in [3.63, 3.8) is 0 Å². The summed E-state index contributed by atoms with van der Waals surface area (Å²) in [6, 6.07) is 44.9. The molecule has 5 aromatic rings. The normalized spacial score (nSPS) is 18.3. The summed E-state index contributed by atoms with van der Waals surface area (Å²) < 4.78 is 13.4. The van der Waals surface area contributed by atoms with E-state index in [-0.39, 0.29) is 12.0 Å². The third-order valence-electron chi connectivity index (χ3n) is 8.10. The van der Waals surface area contributed by atoms with Crippen LogP contribution in [-0.2, 0) is 6.42 Å². The fraction of sp³-hybridized carbons (Fsp3) is 0.0811. The summed E-state index contributed by atoms with van der Waals surface area (Å²) in [6.45, 7) is 0. The van der Waals surface area contributed by atoms with Crippen LogP contribution in [-0.4, -0.2) is 6.10 Å². The fourth-order valence-electron chi connectivity index (χ4n) is 6.23. The number of fused-ring (bicyclic) bond motifs is 7. The fourth-order valence-corrected chi connectivity index (χ4v) is 6.23. The Bertz CT molecular complexity index is 1770. The van der Waals surface area contributed by atoms with Crippen LogP contribution in [0.5, 0.6) is 11.5 Å². The molecule has 0 spiro atoms. The third kappa shape index (κ3) is 3.72. The van der Waals surface area contributed by atoms with Gasteiger partial charge in [0.25, 0.3) is 0 Å². The topological polar surface area (TPSA) is 18.5 Å². The first-order chi connectivity index (χ1) is 19.3. The average molecular weight is 503 g/mol.